The minimum atomic E-state index is -0.403. The van der Waals surface area contributed by atoms with Crippen LogP contribution in [0.1, 0.15) is 42.4 Å². The van der Waals surface area contributed by atoms with Crippen molar-refractivity contribution in [2.75, 3.05) is 5.01 Å². The lowest BCUT2D eigenvalue weighted by atomic mass is 10.1. The first-order chi connectivity index (χ1) is 12.5. The van der Waals surface area contributed by atoms with Gasteiger partial charge in [0, 0.05) is 11.8 Å². The highest BCUT2D eigenvalue weighted by Crippen LogP contribution is 2.33. The van der Waals surface area contributed by atoms with E-state index in [1.165, 1.54) is 30.5 Å². The summed E-state index contributed by atoms with van der Waals surface area (Å²) in [6.07, 6.45) is 4.48. The lowest BCUT2D eigenvalue weighted by molar-refractivity contribution is 0.0941. The van der Waals surface area contributed by atoms with Gasteiger partial charge in [-0.15, -0.1) is 0 Å². The zero-order valence-electron chi connectivity index (χ0n) is 14.1. The molecule has 26 heavy (non-hydrogen) atoms. The molecule has 1 N–H and O–H groups in total. The smallest absolute Gasteiger partial charge is 0.267 e. The Kier molecular flexibility index (Phi) is 5.47. The molecule has 1 aliphatic rings. The van der Waals surface area contributed by atoms with Gasteiger partial charge in [-0.25, -0.2) is 9.37 Å². The Balaban J connectivity index is 1.95. The van der Waals surface area contributed by atoms with Gasteiger partial charge in [0.2, 0.25) is 5.82 Å². The second-order valence-electron chi connectivity index (χ2n) is 6.27. The van der Waals surface area contributed by atoms with E-state index >= 15 is 0 Å². The molecule has 2 atom stereocenters. The van der Waals surface area contributed by atoms with Gasteiger partial charge in [-0.2, -0.15) is 10.2 Å². The Morgan fingerprint density at radius 3 is 2.73 bits per heavy atom. The first-order valence-electron chi connectivity index (χ1n) is 8.28. The van der Waals surface area contributed by atoms with Crippen LogP contribution < -0.4 is 10.4 Å². The highest BCUT2D eigenvalue weighted by atomic mass is 79.9. The standard InChI is InChI=1S/C18H17BrFN5O/c1-11-3-2-4-15(11)25(17-14(19)10-22-16(9-21)23-17)24-18(26)12-5-7-13(20)8-6-12/h5-8,10-11,15H,2-4H2,1H3,(H,24,26)/t11-,15-/m1/s1. The van der Waals surface area contributed by atoms with Crippen molar-refractivity contribution in [3.05, 3.63) is 52.1 Å². The number of nitrogens with one attached hydrogen (secondary N) is 1. The maximum absolute atomic E-state index is 13.1. The zero-order chi connectivity index (χ0) is 18.7. The van der Waals surface area contributed by atoms with E-state index in [1.54, 1.807) is 5.01 Å². The maximum Gasteiger partial charge on any atom is 0.269 e. The number of nitrogens with zero attached hydrogens (tertiary/aromatic N) is 4. The van der Waals surface area contributed by atoms with Crippen molar-refractivity contribution in [3.8, 4) is 6.07 Å². The van der Waals surface area contributed by atoms with Crippen LogP contribution in [0.5, 0.6) is 0 Å². The van der Waals surface area contributed by atoms with Crippen LogP contribution in [0.3, 0.4) is 0 Å². The third-order valence-electron chi connectivity index (χ3n) is 4.53. The Morgan fingerprint density at radius 1 is 1.38 bits per heavy atom. The Morgan fingerprint density at radius 2 is 2.12 bits per heavy atom. The monoisotopic (exact) mass is 417 g/mol. The fraction of sp³-hybridized carbons (Fsp3) is 0.333. The number of hydrazine groups is 1. The maximum atomic E-state index is 13.1. The topological polar surface area (TPSA) is 81.9 Å². The van der Waals surface area contributed by atoms with Gasteiger partial charge in [-0.1, -0.05) is 13.3 Å². The van der Waals surface area contributed by atoms with Gasteiger partial charge in [-0.3, -0.25) is 15.2 Å². The van der Waals surface area contributed by atoms with Crippen molar-refractivity contribution in [2.24, 2.45) is 5.92 Å². The number of anilines is 1. The summed E-state index contributed by atoms with van der Waals surface area (Å²) in [6, 6.07) is 7.30. The summed E-state index contributed by atoms with van der Waals surface area (Å²) in [5.74, 6) is 0.0321. The molecule has 2 aromatic rings. The third kappa shape index (κ3) is 3.83. The first kappa shape index (κ1) is 18.3. The summed E-state index contributed by atoms with van der Waals surface area (Å²) in [4.78, 5) is 20.9. The molecule has 1 aromatic heterocycles. The molecular formula is C18H17BrFN5O. The molecule has 1 aliphatic carbocycles. The molecule has 0 bridgehead atoms. The van der Waals surface area contributed by atoms with E-state index < -0.39 is 5.82 Å². The first-order valence-corrected chi connectivity index (χ1v) is 9.07. The van der Waals surface area contributed by atoms with Crippen LogP contribution in [0.2, 0.25) is 0 Å². The van der Waals surface area contributed by atoms with Crippen LogP contribution in [0.15, 0.2) is 34.9 Å². The van der Waals surface area contributed by atoms with Crippen LogP contribution in [-0.4, -0.2) is 21.9 Å². The minimum Gasteiger partial charge on any atom is -0.267 e. The van der Waals surface area contributed by atoms with E-state index in [0.717, 1.165) is 19.3 Å². The Labute approximate surface area is 159 Å². The molecular weight excluding hydrogens is 401 g/mol. The van der Waals surface area contributed by atoms with Gasteiger partial charge in [0.15, 0.2) is 5.82 Å². The molecule has 1 heterocycles. The Bertz CT molecular complexity index is 852. The molecule has 134 valence electrons. The van der Waals surface area contributed by atoms with Crippen LogP contribution in [0.4, 0.5) is 10.2 Å². The van der Waals surface area contributed by atoms with Gasteiger partial charge in [0.1, 0.15) is 11.9 Å². The van der Waals surface area contributed by atoms with E-state index in [9.17, 15) is 9.18 Å². The predicted molar refractivity (Wildman–Crippen MR) is 97.6 cm³/mol. The number of amides is 1. The average Bonchev–Trinajstić information content (AvgIpc) is 3.06. The average molecular weight is 418 g/mol. The molecule has 0 saturated heterocycles. The Hall–Kier alpha value is -2.53. The van der Waals surface area contributed by atoms with E-state index in [4.69, 9.17) is 5.26 Å². The number of halogens is 2. The van der Waals surface area contributed by atoms with Crippen molar-refractivity contribution < 1.29 is 9.18 Å². The number of hydrogen-bond donors (Lipinski definition) is 1. The number of carbonyl (C=O) groups excluding carboxylic acids is 1. The van der Waals surface area contributed by atoms with E-state index in [-0.39, 0.29) is 17.8 Å². The lowest BCUT2D eigenvalue weighted by Gasteiger charge is -2.33. The largest absolute Gasteiger partial charge is 0.269 e. The number of aromatic nitrogens is 2. The molecule has 8 heteroatoms. The number of carbonyl (C=O) groups is 1. The van der Waals surface area contributed by atoms with Gasteiger partial charge >= 0.3 is 0 Å². The quantitative estimate of drug-likeness (QED) is 0.768. The number of rotatable bonds is 4. The molecule has 0 unspecified atom stereocenters. The van der Waals surface area contributed by atoms with Gasteiger partial charge in [0.05, 0.1) is 10.5 Å². The van der Waals surface area contributed by atoms with Gasteiger partial charge in [-0.05, 0) is 59.0 Å². The van der Waals surface area contributed by atoms with Crippen molar-refractivity contribution in [1.82, 2.24) is 15.4 Å². The van der Waals surface area contributed by atoms with Crippen molar-refractivity contribution >= 4 is 27.7 Å². The van der Waals surface area contributed by atoms with Crippen LogP contribution in [0.25, 0.3) is 0 Å². The summed E-state index contributed by atoms with van der Waals surface area (Å²) in [5.41, 5.74) is 3.22. The molecule has 1 saturated carbocycles. The van der Waals surface area contributed by atoms with E-state index in [2.05, 4.69) is 38.2 Å². The molecule has 0 spiro atoms. The molecule has 1 fully saturated rings. The van der Waals surface area contributed by atoms with E-state index in [0.29, 0.717) is 21.8 Å². The van der Waals surface area contributed by atoms with Gasteiger partial charge in [0.25, 0.3) is 5.91 Å². The molecule has 1 aromatic carbocycles. The number of hydrogen-bond acceptors (Lipinski definition) is 5. The molecule has 0 radical (unpaired) electrons. The van der Waals surface area contributed by atoms with Crippen LogP contribution in [-0.2, 0) is 0 Å². The summed E-state index contributed by atoms with van der Waals surface area (Å²) in [7, 11) is 0. The van der Waals surface area contributed by atoms with Crippen LogP contribution in [0, 0.1) is 23.1 Å². The van der Waals surface area contributed by atoms with Crippen molar-refractivity contribution in [1.29, 1.82) is 5.26 Å². The van der Waals surface area contributed by atoms with E-state index in [1.807, 2.05) is 6.07 Å². The lowest BCUT2D eigenvalue weighted by Crippen LogP contribution is -2.50. The molecule has 0 aliphatic heterocycles. The molecule has 6 nitrogen and oxygen atoms in total. The van der Waals surface area contributed by atoms with Crippen molar-refractivity contribution in [3.63, 3.8) is 0 Å². The van der Waals surface area contributed by atoms with Crippen molar-refractivity contribution in [2.45, 2.75) is 32.2 Å². The summed E-state index contributed by atoms with van der Waals surface area (Å²) in [6.45, 7) is 2.12. The molecule has 3 rings (SSSR count). The van der Waals surface area contributed by atoms with Crippen LogP contribution >= 0.6 is 15.9 Å². The normalized spacial score (nSPS) is 19.0. The highest BCUT2D eigenvalue weighted by molar-refractivity contribution is 9.10. The fourth-order valence-electron chi connectivity index (χ4n) is 3.16. The minimum absolute atomic E-state index is 0.0230. The summed E-state index contributed by atoms with van der Waals surface area (Å²) < 4.78 is 13.7. The second kappa shape index (κ2) is 7.79. The number of nitriles is 1. The third-order valence-corrected chi connectivity index (χ3v) is 5.09. The zero-order valence-corrected chi connectivity index (χ0v) is 15.7. The fourth-order valence-corrected chi connectivity index (χ4v) is 3.54. The highest BCUT2D eigenvalue weighted by Gasteiger charge is 2.32. The SMILES string of the molecule is C[C@@H]1CCC[C@H]1N(NC(=O)c1ccc(F)cc1)c1nc(C#N)ncc1Br. The number of benzene rings is 1. The summed E-state index contributed by atoms with van der Waals surface area (Å²) in [5, 5.41) is 10.8. The second-order valence-corrected chi connectivity index (χ2v) is 7.12. The molecule has 1 amide bonds. The predicted octanol–water partition coefficient (Wildman–Crippen LogP) is 3.59. The van der Waals surface area contributed by atoms with Gasteiger partial charge < -0.3 is 0 Å². The summed E-state index contributed by atoms with van der Waals surface area (Å²) >= 11 is 3.41.